The minimum absolute atomic E-state index is 0.0137. The number of nitrogens with one attached hydrogen (secondary N) is 1. The summed E-state index contributed by atoms with van der Waals surface area (Å²) in [7, 11) is 0. The normalized spacial score (nSPS) is 15.1. The average Bonchev–Trinajstić information content (AvgIpc) is 3.17. The van der Waals surface area contributed by atoms with Crippen LogP contribution in [0.2, 0.25) is 0 Å². The number of carbonyl (C=O) groups excluding carboxylic acids is 1. The Morgan fingerprint density at radius 3 is 2.96 bits per heavy atom. The zero-order valence-corrected chi connectivity index (χ0v) is 15.0. The fourth-order valence-electron chi connectivity index (χ4n) is 3.05. The molecule has 140 valence electrons. The predicted octanol–water partition coefficient (Wildman–Crippen LogP) is 2.92. The van der Waals surface area contributed by atoms with Gasteiger partial charge in [-0.3, -0.25) is 9.78 Å². The molecule has 2 heterocycles. The van der Waals surface area contributed by atoms with Crippen molar-refractivity contribution in [2.75, 3.05) is 13.2 Å². The summed E-state index contributed by atoms with van der Waals surface area (Å²) in [5.41, 5.74) is 0.657. The monoisotopic (exact) mass is 358 g/mol. The third-order valence-electron chi connectivity index (χ3n) is 4.48. The first kappa shape index (κ1) is 18.5. The van der Waals surface area contributed by atoms with E-state index in [1.165, 1.54) is 32.1 Å². The van der Waals surface area contributed by atoms with Crippen LogP contribution in [0.5, 0.6) is 0 Å². The van der Waals surface area contributed by atoms with Crippen molar-refractivity contribution in [1.82, 2.24) is 20.4 Å². The molecular weight excluding hydrogens is 332 g/mol. The highest BCUT2D eigenvalue weighted by atomic mass is 16.5. The van der Waals surface area contributed by atoms with E-state index in [1.54, 1.807) is 6.20 Å². The maximum absolute atomic E-state index is 11.9. The van der Waals surface area contributed by atoms with Crippen LogP contribution in [0.3, 0.4) is 0 Å². The number of aromatic nitrogens is 3. The Morgan fingerprint density at radius 1 is 1.27 bits per heavy atom. The largest absolute Gasteiger partial charge is 0.378 e. The first-order valence-electron chi connectivity index (χ1n) is 9.43. The maximum atomic E-state index is 11.9. The summed E-state index contributed by atoms with van der Waals surface area (Å²) in [5.74, 6) is 0.877. The van der Waals surface area contributed by atoms with Gasteiger partial charge in [0.2, 0.25) is 17.6 Å². The molecule has 1 N–H and O–H groups in total. The Hall–Kier alpha value is -2.28. The molecule has 7 heteroatoms. The molecule has 7 nitrogen and oxygen atoms in total. The first-order valence-corrected chi connectivity index (χ1v) is 9.43. The van der Waals surface area contributed by atoms with Gasteiger partial charge in [0.05, 0.1) is 6.10 Å². The predicted molar refractivity (Wildman–Crippen MR) is 96.3 cm³/mol. The standard InChI is InChI=1S/C19H26N4O3/c24-17(21-13-6-14-25-15-7-2-1-3-8-15)10-11-18-22-19(23-26-18)16-9-4-5-12-20-16/h4-5,9,12,15H,1-3,6-8,10-11,13-14H2,(H,21,24). The second kappa shape index (κ2) is 10.0. The highest BCUT2D eigenvalue weighted by Gasteiger charge is 2.13. The topological polar surface area (TPSA) is 90.1 Å². The lowest BCUT2D eigenvalue weighted by Crippen LogP contribution is -2.26. The van der Waals surface area contributed by atoms with Gasteiger partial charge in [-0.1, -0.05) is 30.5 Å². The molecule has 0 aromatic carbocycles. The lowest BCUT2D eigenvalue weighted by atomic mass is 9.98. The Morgan fingerprint density at radius 2 is 2.15 bits per heavy atom. The summed E-state index contributed by atoms with van der Waals surface area (Å²) in [5, 5.41) is 6.81. The van der Waals surface area contributed by atoms with E-state index in [9.17, 15) is 4.79 Å². The number of hydrogen-bond donors (Lipinski definition) is 1. The number of ether oxygens (including phenoxy) is 1. The SMILES string of the molecule is O=C(CCc1nc(-c2ccccn2)no1)NCCCOC1CCCCC1. The molecule has 0 spiro atoms. The number of carbonyl (C=O) groups is 1. The third kappa shape index (κ3) is 5.91. The van der Waals surface area contributed by atoms with E-state index in [-0.39, 0.29) is 5.91 Å². The van der Waals surface area contributed by atoms with E-state index in [2.05, 4.69) is 20.4 Å². The fraction of sp³-hybridized carbons (Fsp3) is 0.579. The van der Waals surface area contributed by atoms with Crippen molar-refractivity contribution >= 4 is 5.91 Å². The van der Waals surface area contributed by atoms with Gasteiger partial charge in [-0.25, -0.2) is 0 Å². The molecule has 0 unspecified atom stereocenters. The number of aryl methyl sites for hydroxylation is 1. The van der Waals surface area contributed by atoms with Crippen LogP contribution < -0.4 is 5.32 Å². The molecule has 1 aliphatic rings. The summed E-state index contributed by atoms with van der Waals surface area (Å²) in [6.07, 6.45) is 9.93. The first-order chi connectivity index (χ1) is 12.8. The van der Waals surface area contributed by atoms with E-state index >= 15 is 0 Å². The lowest BCUT2D eigenvalue weighted by molar-refractivity contribution is -0.121. The molecule has 26 heavy (non-hydrogen) atoms. The van der Waals surface area contributed by atoms with Gasteiger partial charge < -0.3 is 14.6 Å². The highest BCUT2D eigenvalue weighted by Crippen LogP contribution is 2.20. The molecule has 1 aliphatic carbocycles. The number of rotatable bonds is 9. The summed E-state index contributed by atoms with van der Waals surface area (Å²) in [6.45, 7) is 1.34. The molecule has 0 radical (unpaired) electrons. The van der Waals surface area contributed by atoms with Crippen LogP contribution in [-0.4, -0.2) is 40.3 Å². The van der Waals surface area contributed by atoms with Gasteiger partial charge in [0.25, 0.3) is 0 Å². The van der Waals surface area contributed by atoms with E-state index in [0.29, 0.717) is 49.5 Å². The van der Waals surface area contributed by atoms with Crippen molar-refractivity contribution in [2.45, 2.75) is 57.5 Å². The molecule has 1 saturated carbocycles. The molecule has 3 rings (SSSR count). The minimum Gasteiger partial charge on any atom is -0.378 e. The van der Waals surface area contributed by atoms with E-state index in [1.807, 2.05) is 18.2 Å². The maximum Gasteiger partial charge on any atom is 0.227 e. The Kier molecular flexibility index (Phi) is 7.13. The molecule has 1 amide bonds. The van der Waals surface area contributed by atoms with Crippen LogP contribution in [-0.2, 0) is 16.0 Å². The van der Waals surface area contributed by atoms with Crippen molar-refractivity contribution in [1.29, 1.82) is 0 Å². The molecule has 2 aromatic heterocycles. The number of hydrogen-bond acceptors (Lipinski definition) is 6. The molecule has 0 atom stereocenters. The Labute approximate surface area is 153 Å². The molecule has 1 fully saturated rings. The Balaban J connectivity index is 1.29. The zero-order chi connectivity index (χ0) is 18.0. The average molecular weight is 358 g/mol. The second-order valence-electron chi connectivity index (χ2n) is 6.56. The van der Waals surface area contributed by atoms with Crippen LogP contribution >= 0.6 is 0 Å². The quantitative estimate of drug-likeness (QED) is 0.693. The van der Waals surface area contributed by atoms with Crippen LogP contribution in [0.15, 0.2) is 28.9 Å². The summed E-state index contributed by atoms with van der Waals surface area (Å²) in [4.78, 5) is 20.4. The smallest absolute Gasteiger partial charge is 0.227 e. The summed E-state index contributed by atoms with van der Waals surface area (Å²) in [6, 6.07) is 5.51. The molecule has 0 aliphatic heterocycles. The van der Waals surface area contributed by atoms with Crippen molar-refractivity contribution in [3.05, 3.63) is 30.3 Å². The van der Waals surface area contributed by atoms with Crippen LogP contribution in [0.4, 0.5) is 0 Å². The number of nitrogens with zero attached hydrogens (tertiary/aromatic N) is 3. The van der Waals surface area contributed by atoms with E-state index in [4.69, 9.17) is 9.26 Å². The van der Waals surface area contributed by atoms with Crippen molar-refractivity contribution in [3.63, 3.8) is 0 Å². The minimum atomic E-state index is -0.0137. The van der Waals surface area contributed by atoms with Gasteiger partial charge in [0, 0.05) is 32.2 Å². The van der Waals surface area contributed by atoms with E-state index in [0.717, 1.165) is 6.42 Å². The molecule has 0 bridgehead atoms. The summed E-state index contributed by atoms with van der Waals surface area (Å²) < 4.78 is 11.0. The zero-order valence-electron chi connectivity index (χ0n) is 15.0. The third-order valence-corrected chi connectivity index (χ3v) is 4.48. The van der Waals surface area contributed by atoms with E-state index < -0.39 is 0 Å². The summed E-state index contributed by atoms with van der Waals surface area (Å²) >= 11 is 0. The number of amides is 1. The van der Waals surface area contributed by atoms with Gasteiger partial charge >= 0.3 is 0 Å². The van der Waals surface area contributed by atoms with Crippen molar-refractivity contribution < 1.29 is 14.1 Å². The van der Waals surface area contributed by atoms with Gasteiger partial charge in [0.15, 0.2) is 0 Å². The highest BCUT2D eigenvalue weighted by molar-refractivity contribution is 5.75. The van der Waals surface area contributed by atoms with Crippen LogP contribution in [0.1, 0.15) is 50.8 Å². The van der Waals surface area contributed by atoms with Crippen LogP contribution in [0, 0.1) is 0 Å². The molecule has 0 saturated heterocycles. The molecule has 2 aromatic rings. The Bertz CT molecular complexity index is 668. The van der Waals surface area contributed by atoms with Gasteiger partial charge in [-0.2, -0.15) is 4.98 Å². The fourth-order valence-corrected chi connectivity index (χ4v) is 3.05. The van der Waals surface area contributed by atoms with Gasteiger partial charge in [-0.15, -0.1) is 0 Å². The van der Waals surface area contributed by atoms with Crippen molar-refractivity contribution in [3.8, 4) is 11.5 Å². The van der Waals surface area contributed by atoms with Crippen molar-refractivity contribution in [2.24, 2.45) is 0 Å². The molecular formula is C19H26N4O3. The lowest BCUT2D eigenvalue weighted by Gasteiger charge is -2.21. The second-order valence-corrected chi connectivity index (χ2v) is 6.56. The van der Waals surface area contributed by atoms with Crippen LogP contribution in [0.25, 0.3) is 11.5 Å². The number of pyridine rings is 1. The van der Waals surface area contributed by atoms with Gasteiger partial charge in [0.1, 0.15) is 5.69 Å². The van der Waals surface area contributed by atoms with Gasteiger partial charge in [-0.05, 0) is 31.4 Å².